The van der Waals surface area contributed by atoms with E-state index < -0.39 is 11.9 Å². The molecule has 0 saturated carbocycles. The van der Waals surface area contributed by atoms with Crippen LogP contribution in [0.3, 0.4) is 0 Å². The van der Waals surface area contributed by atoms with E-state index in [0.29, 0.717) is 49.5 Å². The fourth-order valence-electron chi connectivity index (χ4n) is 5.05. The Morgan fingerprint density at radius 3 is 2.67 bits per heavy atom. The highest BCUT2D eigenvalue weighted by Gasteiger charge is 2.30. The Kier molecular flexibility index (Phi) is 6.80. The van der Waals surface area contributed by atoms with Crippen molar-refractivity contribution >= 4 is 23.5 Å². The maximum atomic E-state index is 14.8. The quantitative estimate of drug-likeness (QED) is 0.355. The Bertz CT molecular complexity index is 1460. The zero-order valence-corrected chi connectivity index (χ0v) is 21.4. The molecule has 2 aliphatic heterocycles. The lowest BCUT2D eigenvalue weighted by atomic mass is 10.1. The maximum absolute atomic E-state index is 14.8. The first-order valence-electron chi connectivity index (χ1n) is 12.7. The summed E-state index contributed by atoms with van der Waals surface area (Å²) in [4.78, 5) is 38.6. The highest BCUT2D eigenvalue weighted by molar-refractivity contribution is 6.04. The Morgan fingerprint density at radius 2 is 1.90 bits per heavy atom. The number of rotatable bonds is 7. The number of halogens is 1. The minimum Gasteiger partial charge on any atom is -0.382 e. The fraction of sp³-hybridized carbons (Fsp3) is 0.346. The van der Waals surface area contributed by atoms with Crippen LogP contribution in [0, 0.1) is 5.95 Å². The molecule has 0 radical (unpaired) electrons. The standard InChI is InChI=1S/C26H27FN10O2/c1-39-16-18-15-35(10-11-36(18)26-28-7-3-8-29-26)25-30-12-17(13-31-25)33-24(38)19-5-6-21(34-23(19)27)20-14-32-37-9-2-4-22(20)37/h3,5-8,12-14,18H,2,4,9-11,15-16H2,1H3,(H,33,38)/t18-/m1/s1. The number of nitrogens with one attached hydrogen (secondary N) is 1. The Hall–Kier alpha value is -4.52. The van der Waals surface area contributed by atoms with Gasteiger partial charge in [0.25, 0.3) is 5.91 Å². The molecule has 0 unspecified atom stereocenters. The Balaban J connectivity index is 1.11. The number of piperazine rings is 1. The first-order chi connectivity index (χ1) is 19.1. The van der Waals surface area contributed by atoms with Crippen LogP contribution in [0.1, 0.15) is 22.5 Å². The molecule has 0 aromatic carbocycles. The fourth-order valence-corrected chi connectivity index (χ4v) is 5.05. The molecule has 39 heavy (non-hydrogen) atoms. The molecule has 6 rings (SSSR count). The van der Waals surface area contributed by atoms with Crippen molar-refractivity contribution in [3.8, 4) is 11.3 Å². The van der Waals surface area contributed by atoms with Crippen molar-refractivity contribution in [2.45, 2.75) is 25.4 Å². The molecule has 13 heteroatoms. The van der Waals surface area contributed by atoms with E-state index in [1.807, 2.05) is 9.58 Å². The number of amides is 1. The first-order valence-corrected chi connectivity index (χ1v) is 12.7. The molecule has 12 nitrogen and oxygen atoms in total. The van der Waals surface area contributed by atoms with Gasteiger partial charge in [-0.1, -0.05) is 0 Å². The number of aryl methyl sites for hydroxylation is 1. The number of fused-ring (bicyclic) bond motifs is 1. The van der Waals surface area contributed by atoms with Gasteiger partial charge in [0.15, 0.2) is 0 Å². The number of hydrogen-bond donors (Lipinski definition) is 1. The summed E-state index contributed by atoms with van der Waals surface area (Å²) in [5.74, 6) is -0.291. The minimum absolute atomic E-state index is 0.0105. The van der Waals surface area contributed by atoms with E-state index in [9.17, 15) is 9.18 Å². The molecule has 1 saturated heterocycles. The van der Waals surface area contributed by atoms with Crippen LogP contribution in [-0.2, 0) is 17.7 Å². The van der Waals surface area contributed by atoms with Crippen LogP contribution < -0.4 is 15.1 Å². The second-order valence-electron chi connectivity index (χ2n) is 9.39. The van der Waals surface area contributed by atoms with Crippen LogP contribution in [0.25, 0.3) is 11.3 Å². The van der Waals surface area contributed by atoms with E-state index in [1.165, 1.54) is 18.5 Å². The summed E-state index contributed by atoms with van der Waals surface area (Å²) < 4.78 is 22.2. The molecule has 0 spiro atoms. The number of hydrogen-bond acceptors (Lipinski definition) is 10. The smallest absolute Gasteiger partial charge is 0.260 e. The molecule has 0 aliphatic carbocycles. The topological polar surface area (TPSA) is 127 Å². The number of nitrogens with zero attached hydrogens (tertiary/aromatic N) is 9. The second kappa shape index (κ2) is 10.7. The molecule has 200 valence electrons. The van der Waals surface area contributed by atoms with Gasteiger partial charge in [-0.15, -0.1) is 0 Å². The molecule has 1 N–H and O–H groups in total. The van der Waals surface area contributed by atoms with E-state index in [4.69, 9.17) is 4.74 Å². The third-order valence-corrected chi connectivity index (χ3v) is 6.93. The molecule has 1 fully saturated rings. The Labute approximate surface area is 223 Å². The minimum atomic E-state index is -0.843. The normalized spacial score (nSPS) is 16.8. The van der Waals surface area contributed by atoms with Gasteiger partial charge in [-0.3, -0.25) is 9.48 Å². The van der Waals surface area contributed by atoms with Gasteiger partial charge in [0.05, 0.1) is 48.2 Å². The van der Waals surface area contributed by atoms with Gasteiger partial charge in [-0.05, 0) is 31.0 Å². The highest BCUT2D eigenvalue weighted by Crippen LogP contribution is 2.28. The molecule has 1 amide bonds. The number of methoxy groups -OCH3 is 1. The molecule has 6 heterocycles. The van der Waals surface area contributed by atoms with Gasteiger partial charge >= 0.3 is 0 Å². The molecule has 1 atom stereocenters. The zero-order valence-electron chi connectivity index (χ0n) is 21.4. The molecule has 0 bridgehead atoms. The van der Waals surface area contributed by atoms with E-state index in [0.717, 1.165) is 30.6 Å². The van der Waals surface area contributed by atoms with Crippen molar-refractivity contribution in [3.05, 3.63) is 66.4 Å². The molecule has 2 aliphatic rings. The van der Waals surface area contributed by atoms with Crippen LogP contribution in [0.5, 0.6) is 0 Å². The summed E-state index contributed by atoms with van der Waals surface area (Å²) in [7, 11) is 1.66. The van der Waals surface area contributed by atoms with Gasteiger partial charge < -0.3 is 19.9 Å². The second-order valence-corrected chi connectivity index (χ2v) is 9.39. The van der Waals surface area contributed by atoms with E-state index in [-0.39, 0.29) is 11.6 Å². The molecule has 4 aromatic heterocycles. The summed E-state index contributed by atoms with van der Waals surface area (Å²) in [6.07, 6.45) is 10.0. The average Bonchev–Trinajstić information content (AvgIpc) is 3.59. The summed E-state index contributed by atoms with van der Waals surface area (Å²) in [5.41, 5.74) is 2.50. The summed E-state index contributed by atoms with van der Waals surface area (Å²) in [6, 6.07) is 4.87. The average molecular weight is 531 g/mol. The number of carbonyl (C=O) groups is 1. The van der Waals surface area contributed by atoms with Crippen LogP contribution in [0.2, 0.25) is 0 Å². The summed E-state index contributed by atoms with van der Waals surface area (Å²) in [5, 5.41) is 6.99. The lowest BCUT2D eigenvalue weighted by Crippen LogP contribution is -2.56. The number of ether oxygens (including phenoxy) is 1. The van der Waals surface area contributed by atoms with Crippen LogP contribution in [0.15, 0.2) is 49.2 Å². The van der Waals surface area contributed by atoms with Crippen molar-refractivity contribution in [2.24, 2.45) is 0 Å². The lowest BCUT2D eigenvalue weighted by molar-refractivity contribution is 0.102. The number of pyridine rings is 1. The SMILES string of the molecule is COC[C@H]1CN(c2ncc(NC(=O)c3ccc(-c4cnn5c4CCC5)nc3F)cn2)CCN1c1ncccn1. The Morgan fingerprint density at radius 1 is 1.08 bits per heavy atom. The third kappa shape index (κ3) is 5.00. The molecule has 4 aromatic rings. The van der Waals surface area contributed by atoms with Crippen molar-refractivity contribution in [1.29, 1.82) is 0 Å². The van der Waals surface area contributed by atoms with Gasteiger partial charge in [0.1, 0.15) is 0 Å². The van der Waals surface area contributed by atoms with Crippen molar-refractivity contribution < 1.29 is 13.9 Å². The van der Waals surface area contributed by atoms with Gasteiger partial charge in [-0.25, -0.2) is 24.9 Å². The van der Waals surface area contributed by atoms with Gasteiger partial charge in [-0.2, -0.15) is 9.49 Å². The zero-order chi connectivity index (χ0) is 26.8. The van der Waals surface area contributed by atoms with E-state index in [2.05, 4.69) is 40.2 Å². The predicted octanol–water partition coefficient (Wildman–Crippen LogP) is 2.20. The van der Waals surface area contributed by atoms with Crippen LogP contribution in [-0.4, -0.2) is 80.0 Å². The third-order valence-electron chi connectivity index (χ3n) is 6.93. The molecular weight excluding hydrogens is 503 g/mol. The van der Waals surface area contributed by atoms with Crippen LogP contribution >= 0.6 is 0 Å². The van der Waals surface area contributed by atoms with Gasteiger partial charge in [0.2, 0.25) is 17.8 Å². The number of anilines is 3. The maximum Gasteiger partial charge on any atom is 0.260 e. The highest BCUT2D eigenvalue weighted by atomic mass is 19.1. The molecular formula is C26H27FN10O2. The number of carbonyl (C=O) groups excluding carboxylic acids is 1. The van der Waals surface area contributed by atoms with E-state index >= 15 is 0 Å². The van der Waals surface area contributed by atoms with Crippen molar-refractivity contribution in [3.63, 3.8) is 0 Å². The van der Waals surface area contributed by atoms with Crippen molar-refractivity contribution in [2.75, 3.05) is 48.5 Å². The monoisotopic (exact) mass is 530 g/mol. The number of aromatic nitrogens is 7. The summed E-state index contributed by atoms with van der Waals surface area (Å²) in [6.45, 7) is 3.29. The van der Waals surface area contributed by atoms with Crippen LogP contribution in [0.4, 0.5) is 22.0 Å². The largest absolute Gasteiger partial charge is 0.382 e. The first kappa shape index (κ1) is 24.8. The van der Waals surface area contributed by atoms with E-state index in [1.54, 1.807) is 37.8 Å². The predicted molar refractivity (Wildman–Crippen MR) is 141 cm³/mol. The summed E-state index contributed by atoms with van der Waals surface area (Å²) >= 11 is 0. The lowest BCUT2D eigenvalue weighted by Gasteiger charge is -2.41. The van der Waals surface area contributed by atoms with Crippen molar-refractivity contribution in [1.82, 2.24) is 34.7 Å². The van der Waals surface area contributed by atoms with Gasteiger partial charge in [0, 0.05) is 56.9 Å².